The summed E-state index contributed by atoms with van der Waals surface area (Å²) in [7, 11) is 0. The average Bonchev–Trinajstić information content (AvgIpc) is 2.51. The van der Waals surface area contributed by atoms with Crippen LogP contribution in [-0.2, 0) is 0 Å². The Morgan fingerprint density at radius 3 is 2.93 bits per heavy atom. The van der Waals surface area contributed by atoms with Crippen LogP contribution in [0.2, 0.25) is 0 Å². The molecule has 0 bridgehead atoms. The molecule has 0 aliphatic rings. The summed E-state index contributed by atoms with van der Waals surface area (Å²) in [6.45, 7) is 3.74. The maximum atomic E-state index is 8.79. The number of halogens is 1. The summed E-state index contributed by atoms with van der Waals surface area (Å²) in [5, 5.41) is 13.0. The molecule has 0 aromatic carbocycles. The van der Waals surface area contributed by atoms with Gasteiger partial charge in [0.05, 0.1) is 21.9 Å². The van der Waals surface area contributed by atoms with Crippen molar-refractivity contribution in [3.05, 3.63) is 16.0 Å². The highest BCUT2D eigenvalue weighted by Crippen LogP contribution is 2.18. The molecule has 0 fully saturated rings. The first kappa shape index (κ1) is 11.5. The molecule has 0 saturated heterocycles. The highest BCUT2D eigenvalue weighted by Gasteiger charge is 2.22. The highest BCUT2D eigenvalue weighted by molar-refractivity contribution is 14.1. The molecule has 2 atom stereocenters. The monoisotopic (exact) mass is 304 g/mol. The quantitative estimate of drug-likeness (QED) is 0.864. The van der Waals surface area contributed by atoms with E-state index in [-0.39, 0.29) is 6.04 Å². The molecule has 2 N–H and O–H groups in total. The maximum Gasteiger partial charge on any atom is 0.103 e. The van der Waals surface area contributed by atoms with Crippen molar-refractivity contribution in [2.75, 3.05) is 0 Å². The van der Waals surface area contributed by atoms with Crippen LogP contribution in [-0.4, -0.2) is 15.3 Å². The molecule has 0 aliphatic heterocycles. The van der Waals surface area contributed by atoms with Crippen LogP contribution in [0.15, 0.2) is 12.4 Å². The van der Waals surface area contributed by atoms with E-state index in [1.165, 1.54) is 0 Å². The van der Waals surface area contributed by atoms with Gasteiger partial charge in [0.25, 0.3) is 0 Å². The number of nitrogens with two attached hydrogens (primary N) is 1. The molecular formula is C9H13IN4. The van der Waals surface area contributed by atoms with Crippen molar-refractivity contribution in [1.29, 1.82) is 5.26 Å². The van der Waals surface area contributed by atoms with Gasteiger partial charge in [0.2, 0.25) is 0 Å². The van der Waals surface area contributed by atoms with Crippen molar-refractivity contribution >= 4 is 22.6 Å². The zero-order valence-corrected chi connectivity index (χ0v) is 10.4. The van der Waals surface area contributed by atoms with E-state index in [1.54, 1.807) is 13.1 Å². The standard InChI is InChI=1S/C9H13IN4/c1-7(3-9(2,12)6-11)14-5-8(10)4-13-14/h4-5,7H,3,12H2,1-2H3. The Labute approximate surface area is 97.2 Å². The summed E-state index contributed by atoms with van der Waals surface area (Å²) in [6.07, 6.45) is 4.33. The lowest BCUT2D eigenvalue weighted by Gasteiger charge is -2.20. The van der Waals surface area contributed by atoms with Crippen molar-refractivity contribution < 1.29 is 0 Å². The van der Waals surface area contributed by atoms with Crippen molar-refractivity contribution in [1.82, 2.24) is 9.78 Å². The summed E-state index contributed by atoms with van der Waals surface area (Å²) in [5.41, 5.74) is 4.98. The SMILES string of the molecule is CC(CC(C)(N)C#N)n1cc(I)cn1. The minimum absolute atomic E-state index is 0.146. The van der Waals surface area contributed by atoms with Gasteiger partial charge in [-0.15, -0.1) is 0 Å². The average molecular weight is 304 g/mol. The van der Waals surface area contributed by atoms with Crippen LogP contribution in [0.4, 0.5) is 0 Å². The van der Waals surface area contributed by atoms with Gasteiger partial charge in [-0.25, -0.2) is 0 Å². The fourth-order valence-corrected chi connectivity index (χ4v) is 1.72. The highest BCUT2D eigenvalue weighted by atomic mass is 127. The van der Waals surface area contributed by atoms with Gasteiger partial charge in [0.15, 0.2) is 0 Å². The van der Waals surface area contributed by atoms with Gasteiger partial charge < -0.3 is 5.73 Å². The van der Waals surface area contributed by atoms with E-state index in [2.05, 4.69) is 33.8 Å². The third kappa shape index (κ3) is 2.96. The Bertz CT molecular complexity index is 350. The number of aromatic nitrogens is 2. The van der Waals surface area contributed by atoms with E-state index in [0.717, 1.165) is 3.57 Å². The molecule has 76 valence electrons. The lowest BCUT2D eigenvalue weighted by molar-refractivity contribution is 0.386. The smallest absolute Gasteiger partial charge is 0.103 e. The van der Waals surface area contributed by atoms with Crippen LogP contribution >= 0.6 is 22.6 Å². The summed E-state index contributed by atoms with van der Waals surface area (Å²) >= 11 is 2.20. The Hall–Kier alpha value is -0.610. The van der Waals surface area contributed by atoms with Gasteiger partial charge in [-0.05, 0) is 36.4 Å². The molecule has 1 aromatic rings. The topological polar surface area (TPSA) is 67.6 Å². The van der Waals surface area contributed by atoms with E-state index in [9.17, 15) is 0 Å². The van der Waals surface area contributed by atoms with Gasteiger partial charge in [0.1, 0.15) is 5.54 Å². The van der Waals surface area contributed by atoms with E-state index in [0.29, 0.717) is 6.42 Å². The molecule has 0 amide bonds. The minimum Gasteiger partial charge on any atom is -0.314 e. The van der Waals surface area contributed by atoms with Crippen LogP contribution in [0.5, 0.6) is 0 Å². The van der Waals surface area contributed by atoms with Crippen molar-refractivity contribution in [3.63, 3.8) is 0 Å². The van der Waals surface area contributed by atoms with Gasteiger partial charge in [-0.3, -0.25) is 4.68 Å². The zero-order chi connectivity index (χ0) is 10.8. The minimum atomic E-state index is -0.781. The van der Waals surface area contributed by atoms with E-state index >= 15 is 0 Å². The molecular weight excluding hydrogens is 291 g/mol. The summed E-state index contributed by atoms with van der Waals surface area (Å²) < 4.78 is 2.93. The largest absolute Gasteiger partial charge is 0.314 e. The lowest BCUT2D eigenvalue weighted by Crippen LogP contribution is -2.36. The summed E-state index contributed by atoms with van der Waals surface area (Å²) in [5.74, 6) is 0. The molecule has 14 heavy (non-hydrogen) atoms. The van der Waals surface area contributed by atoms with Crippen molar-refractivity contribution in [3.8, 4) is 6.07 Å². The Balaban J connectivity index is 2.69. The Morgan fingerprint density at radius 2 is 2.50 bits per heavy atom. The maximum absolute atomic E-state index is 8.79. The molecule has 0 saturated carbocycles. The summed E-state index contributed by atoms with van der Waals surface area (Å²) in [6, 6.07) is 2.23. The molecule has 1 heterocycles. The molecule has 1 aromatic heterocycles. The van der Waals surface area contributed by atoms with Gasteiger partial charge in [-0.2, -0.15) is 10.4 Å². The number of rotatable bonds is 3. The molecule has 1 rings (SSSR count). The van der Waals surface area contributed by atoms with Crippen molar-refractivity contribution in [2.24, 2.45) is 5.73 Å². The molecule has 0 spiro atoms. The number of nitrogens with zero attached hydrogens (tertiary/aromatic N) is 3. The molecule has 0 radical (unpaired) electrons. The lowest BCUT2D eigenvalue weighted by atomic mass is 9.97. The summed E-state index contributed by atoms with van der Waals surface area (Å²) in [4.78, 5) is 0. The second-order valence-electron chi connectivity index (χ2n) is 3.72. The molecule has 4 nitrogen and oxygen atoms in total. The second kappa shape index (κ2) is 4.28. The first-order valence-electron chi connectivity index (χ1n) is 4.34. The Kier molecular flexibility index (Phi) is 3.50. The number of hydrogen-bond acceptors (Lipinski definition) is 3. The third-order valence-corrected chi connectivity index (χ3v) is 2.55. The predicted octanol–water partition coefficient (Wildman–Crippen LogP) is 1.68. The van der Waals surface area contributed by atoms with E-state index in [1.807, 2.05) is 17.8 Å². The normalized spacial score (nSPS) is 17.1. The molecule has 5 heteroatoms. The third-order valence-electron chi connectivity index (χ3n) is 2.00. The van der Waals surface area contributed by atoms with Gasteiger partial charge in [-0.1, -0.05) is 0 Å². The Morgan fingerprint density at radius 1 is 1.86 bits per heavy atom. The fraction of sp³-hybridized carbons (Fsp3) is 0.556. The van der Waals surface area contributed by atoms with Crippen LogP contribution < -0.4 is 5.73 Å². The van der Waals surface area contributed by atoms with Crippen LogP contribution in [0.25, 0.3) is 0 Å². The zero-order valence-electron chi connectivity index (χ0n) is 8.24. The predicted molar refractivity (Wildman–Crippen MR) is 62.5 cm³/mol. The van der Waals surface area contributed by atoms with Crippen LogP contribution in [0, 0.1) is 14.9 Å². The van der Waals surface area contributed by atoms with Crippen LogP contribution in [0.3, 0.4) is 0 Å². The first-order valence-corrected chi connectivity index (χ1v) is 5.42. The van der Waals surface area contributed by atoms with Gasteiger partial charge in [0, 0.05) is 12.6 Å². The second-order valence-corrected chi connectivity index (χ2v) is 4.97. The van der Waals surface area contributed by atoms with Crippen molar-refractivity contribution in [2.45, 2.75) is 31.8 Å². The number of hydrogen-bond donors (Lipinski definition) is 1. The first-order chi connectivity index (χ1) is 6.44. The van der Waals surface area contributed by atoms with E-state index in [4.69, 9.17) is 11.0 Å². The number of nitriles is 1. The van der Waals surface area contributed by atoms with Gasteiger partial charge >= 0.3 is 0 Å². The fourth-order valence-electron chi connectivity index (χ4n) is 1.31. The molecule has 0 aliphatic carbocycles. The molecule has 2 unspecified atom stereocenters. The van der Waals surface area contributed by atoms with Crippen LogP contribution in [0.1, 0.15) is 26.3 Å². The van der Waals surface area contributed by atoms with E-state index < -0.39 is 5.54 Å².